The lowest BCUT2D eigenvalue weighted by molar-refractivity contribution is 0.415. The first-order valence-electron chi connectivity index (χ1n) is 5.44. The average molecular weight is 234 g/mol. The lowest BCUT2D eigenvalue weighted by Crippen LogP contribution is -2.15. The van der Waals surface area contributed by atoms with Gasteiger partial charge in [0.25, 0.3) is 0 Å². The first-order valence-corrected chi connectivity index (χ1v) is 5.44. The highest BCUT2D eigenvalue weighted by molar-refractivity contribution is 5.49. The van der Waals surface area contributed by atoms with Crippen LogP contribution in [0.15, 0.2) is 27.5 Å². The van der Waals surface area contributed by atoms with Gasteiger partial charge in [-0.25, -0.2) is 0 Å². The van der Waals surface area contributed by atoms with E-state index < -0.39 is 0 Å². The predicted octanol–water partition coefficient (Wildman–Crippen LogP) is 1.10. The largest absolute Gasteiger partial charge is 0.419 e. The molecule has 1 atom stereocenters. The molecule has 0 aliphatic carbocycles. The van der Waals surface area contributed by atoms with Crippen molar-refractivity contribution in [3.63, 3.8) is 0 Å². The molecule has 2 rings (SSSR count). The van der Waals surface area contributed by atoms with E-state index in [1.807, 2.05) is 14.0 Å². The number of hydrogen-bond donors (Lipinski definition) is 2. The number of nitrogens with one attached hydrogen (secondary N) is 2. The molecule has 0 fully saturated rings. The van der Waals surface area contributed by atoms with Gasteiger partial charge < -0.3 is 14.7 Å². The molecule has 2 heterocycles. The van der Waals surface area contributed by atoms with Gasteiger partial charge in [-0.15, -0.1) is 10.2 Å². The van der Waals surface area contributed by atoms with Crippen molar-refractivity contribution in [2.45, 2.75) is 19.4 Å². The van der Waals surface area contributed by atoms with Crippen LogP contribution < -0.4 is 10.9 Å². The number of aromatic amines is 1. The topological polar surface area (TPSA) is 83.8 Å². The van der Waals surface area contributed by atoms with Crippen molar-refractivity contribution < 1.29 is 4.42 Å². The quantitative estimate of drug-likeness (QED) is 0.827. The third-order valence-corrected chi connectivity index (χ3v) is 2.53. The molecule has 2 aromatic rings. The zero-order valence-corrected chi connectivity index (χ0v) is 9.73. The van der Waals surface area contributed by atoms with Gasteiger partial charge in [-0.05, 0) is 19.5 Å². The summed E-state index contributed by atoms with van der Waals surface area (Å²) in [6.07, 6.45) is 2.42. The number of rotatable bonds is 4. The van der Waals surface area contributed by atoms with Crippen LogP contribution in [0.1, 0.15) is 25.3 Å². The van der Waals surface area contributed by atoms with Gasteiger partial charge in [-0.1, -0.05) is 6.92 Å². The Hall–Kier alpha value is -1.95. The molecule has 90 valence electrons. The van der Waals surface area contributed by atoms with Crippen LogP contribution in [0.25, 0.3) is 11.5 Å². The Morgan fingerprint density at radius 1 is 1.47 bits per heavy atom. The summed E-state index contributed by atoms with van der Waals surface area (Å²) in [7, 11) is 1.85. The molecule has 6 heteroatoms. The van der Waals surface area contributed by atoms with E-state index in [1.54, 1.807) is 12.3 Å². The van der Waals surface area contributed by atoms with E-state index in [-0.39, 0.29) is 11.6 Å². The fourth-order valence-corrected chi connectivity index (χ4v) is 1.54. The number of aromatic nitrogens is 3. The lowest BCUT2D eigenvalue weighted by Gasteiger charge is -2.06. The Bertz CT molecular complexity index is 522. The Morgan fingerprint density at radius 3 is 2.88 bits per heavy atom. The maximum atomic E-state index is 10.9. The number of hydrogen-bond acceptors (Lipinski definition) is 5. The van der Waals surface area contributed by atoms with E-state index in [9.17, 15) is 4.79 Å². The van der Waals surface area contributed by atoms with E-state index in [2.05, 4.69) is 20.5 Å². The molecule has 0 spiro atoms. The minimum Gasteiger partial charge on any atom is -0.419 e. The van der Waals surface area contributed by atoms with Crippen LogP contribution >= 0.6 is 0 Å². The summed E-state index contributed by atoms with van der Waals surface area (Å²) in [5, 5.41) is 11.0. The second kappa shape index (κ2) is 4.92. The number of nitrogens with zero attached hydrogens (tertiary/aromatic N) is 2. The van der Waals surface area contributed by atoms with Crippen LogP contribution in [-0.2, 0) is 0 Å². The summed E-state index contributed by atoms with van der Waals surface area (Å²) in [5.41, 5.74) is 0.546. The Balaban J connectivity index is 2.29. The van der Waals surface area contributed by atoms with Gasteiger partial charge in [0, 0.05) is 12.3 Å². The maximum Gasteiger partial charge on any atom is 0.249 e. The first kappa shape index (κ1) is 11.5. The predicted molar refractivity (Wildman–Crippen MR) is 62.4 cm³/mol. The third kappa shape index (κ3) is 2.42. The van der Waals surface area contributed by atoms with Crippen LogP contribution in [0, 0.1) is 0 Å². The molecule has 2 aromatic heterocycles. The fourth-order valence-electron chi connectivity index (χ4n) is 1.54. The molecular weight excluding hydrogens is 220 g/mol. The second-order valence-corrected chi connectivity index (χ2v) is 3.64. The molecule has 0 aliphatic heterocycles. The van der Waals surface area contributed by atoms with Crippen molar-refractivity contribution in [2.75, 3.05) is 7.05 Å². The summed E-state index contributed by atoms with van der Waals surface area (Å²) < 4.78 is 5.55. The molecule has 0 amide bonds. The smallest absolute Gasteiger partial charge is 0.249 e. The number of H-pyrrole nitrogens is 1. The average Bonchev–Trinajstić information content (AvgIpc) is 2.81. The monoisotopic (exact) mass is 234 g/mol. The minimum atomic E-state index is -0.157. The number of pyridine rings is 1. The highest BCUT2D eigenvalue weighted by Crippen LogP contribution is 2.20. The highest BCUT2D eigenvalue weighted by atomic mass is 16.4. The van der Waals surface area contributed by atoms with Crippen molar-refractivity contribution in [1.82, 2.24) is 20.5 Å². The van der Waals surface area contributed by atoms with E-state index in [1.165, 1.54) is 6.07 Å². The van der Waals surface area contributed by atoms with Gasteiger partial charge in [0.1, 0.15) is 0 Å². The van der Waals surface area contributed by atoms with Gasteiger partial charge in [0.05, 0.1) is 11.6 Å². The van der Waals surface area contributed by atoms with Gasteiger partial charge >= 0.3 is 0 Å². The van der Waals surface area contributed by atoms with Crippen LogP contribution in [0.5, 0.6) is 0 Å². The Labute approximate surface area is 98.1 Å². The summed E-state index contributed by atoms with van der Waals surface area (Å²) in [4.78, 5) is 13.5. The van der Waals surface area contributed by atoms with E-state index >= 15 is 0 Å². The lowest BCUT2D eigenvalue weighted by atomic mass is 10.2. The van der Waals surface area contributed by atoms with Crippen molar-refractivity contribution in [3.05, 3.63) is 34.6 Å². The highest BCUT2D eigenvalue weighted by Gasteiger charge is 2.15. The summed E-state index contributed by atoms with van der Waals surface area (Å²) in [5.74, 6) is 0.959. The maximum absolute atomic E-state index is 10.9. The van der Waals surface area contributed by atoms with E-state index in [0.29, 0.717) is 17.3 Å². The van der Waals surface area contributed by atoms with Crippen LogP contribution in [0.2, 0.25) is 0 Å². The van der Waals surface area contributed by atoms with E-state index in [0.717, 1.165) is 6.42 Å². The zero-order valence-electron chi connectivity index (χ0n) is 9.73. The third-order valence-electron chi connectivity index (χ3n) is 2.53. The van der Waals surface area contributed by atoms with Crippen LogP contribution in [0.4, 0.5) is 0 Å². The molecule has 0 saturated carbocycles. The van der Waals surface area contributed by atoms with E-state index in [4.69, 9.17) is 4.42 Å². The zero-order chi connectivity index (χ0) is 12.3. The minimum absolute atomic E-state index is 0.0546. The summed E-state index contributed by atoms with van der Waals surface area (Å²) >= 11 is 0. The van der Waals surface area contributed by atoms with Crippen molar-refractivity contribution >= 4 is 0 Å². The first-order chi connectivity index (χ1) is 8.24. The van der Waals surface area contributed by atoms with Gasteiger partial charge in [-0.3, -0.25) is 4.79 Å². The molecule has 0 radical (unpaired) electrons. The normalized spacial score (nSPS) is 12.6. The molecule has 0 aliphatic rings. The van der Waals surface area contributed by atoms with Gasteiger partial charge in [-0.2, -0.15) is 0 Å². The standard InChI is InChI=1S/C11H14N4O2/c1-3-8(12-2)11-15-14-10(17-11)7-4-5-9(16)13-6-7/h4-6,8,12H,3H2,1-2H3,(H,13,16). The molecule has 17 heavy (non-hydrogen) atoms. The molecule has 0 saturated heterocycles. The molecule has 2 N–H and O–H groups in total. The second-order valence-electron chi connectivity index (χ2n) is 3.64. The van der Waals surface area contributed by atoms with Crippen molar-refractivity contribution in [3.8, 4) is 11.5 Å². The molecular formula is C11H14N4O2. The molecule has 6 nitrogen and oxygen atoms in total. The SMILES string of the molecule is CCC(NC)c1nnc(-c2ccc(=O)[nH]c2)o1. The summed E-state index contributed by atoms with van der Waals surface area (Å²) in [6.45, 7) is 2.03. The Morgan fingerprint density at radius 2 is 2.29 bits per heavy atom. The molecule has 1 unspecified atom stereocenters. The molecule has 0 bridgehead atoms. The van der Waals surface area contributed by atoms with Crippen molar-refractivity contribution in [1.29, 1.82) is 0 Å². The summed E-state index contributed by atoms with van der Waals surface area (Å²) in [6, 6.07) is 3.13. The van der Waals surface area contributed by atoms with Crippen LogP contribution in [0.3, 0.4) is 0 Å². The van der Waals surface area contributed by atoms with Crippen LogP contribution in [-0.4, -0.2) is 22.2 Å². The van der Waals surface area contributed by atoms with Gasteiger partial charge in [0.2, 0.25) is 17.3 Å². The Kier molecular flexibility index (Phi) is 3.34. The molecule has 0 aromatic carbocycles. The fraction of sp³-hybridized carbons (Fsp3) is 0.364. The van der Waals surface area contributed by atoms with Gasteiger partial charge in [0.15, 0.2) is 0 Å². The van der Waals surface area contributed by atoms with Crippen molar-refractivity contribution in [2.24, 2.45) is 0 Å².